The van der Waals surface area contributed by atoms with Crippen LogP contribution in [-0.2, 0) is 0 Å². The van der Waals surface area contributed by atoms with Gasteiger partial charge in [0, 0.05) is 10.5 Å². The molecule has 2 rings (SSSR count). The normalized spacial score (nSPS) is 15.1. The van der Waals surface area contributed by atoms with Crippen molar-refractivity contribution in [2.45, 2.75) is 31.7 Å². The number of nitrogens with one attached hydrogen (secondary N) is 1. The van der Waals surface area contributed by atoms with Crippen LogP contribution in [0.1, 0.15) is 25.7 Å². The number of unbranched alkanes of at least 4 members (excludes halogenated alkanes) is 1. The zero-order valence-electron chi connectivity index (χ0n) is 9.42. The predicted octanol–water partition coefficient (Wildman–Crippen LogP) is 3.36. The monoisotopic (exact) mass is 283 g/mol. The van der Waals surface area contributed by atoms with Crippen LogP contribution in [0.5, 0.6) is 5.75 Å². The van der Waals surface area contributed by atoms with Gasteiger partial charge in [-0.2, -0.15) is 0 Å². The van der Waals surface area contributed by atoms with Gasteiger partial charge in [-0.3, -0.25) is 0 Å². The van der Waals surface area contributed by atoms with E-state index in [1.165, 1.54) is 19.3 Å². The van der Waals surface area contributed by atoms with E-state index >= 15 is 0 Å². The maximum absolute atomic E-state index is 5.65. The fraction of sp³-hybridized carbons (Fsp3) is 0.538. The first-order chi connectivity index (χ1) is 7.84. The average molecular weight is 284 g/mol. The second-order valence-electron chi connectivity index (χ2n) is 4.24. The van der Waals surface area contributed by atoms with Crippen LogP contribution in [0.15, 0.2) is 28.7 Å². The minimum absolute atomic E-state index is 0.808. The predicted molar refractivity (Wildman–Crippen MR) is 69.9 cm³/mol. The Labute approximate surface area is 106 Å². The van der Waals surface area contributed by atoms with Crippen molar-refractivity contribution in [2.24, 2.45) is 0 Å². The van der Waals surface area contributed by atoms with Gasteiger partial charge in [0.15, 0.2) is 0 Å². The molecule has 0 saturated heterocycles. The first-order valence-electron chi connectivity index (χ1n) is 5.96. The molecule has 0 amide bonds. The zero-order valence-corrected chi connectivity index (χ0v) is 11.0. The van der Waals surface area contributed by atoms with Gasteiger partial charge in [0.05, 0.1) is 6.61 Å². The highest BCUT2D eigenvalue weighted by atomic mass is 79.9. The molecule has 1 aliphatic rings. The van der Waals surface area contributed by atoms with E-state index in [1.54, 1.807) is 0 Å². The van der Waals surface area contributed by atoms with Crippen LogP contribution in [0.4, 0.5) is 0 Å². The van der Waals surface area contributed by atoms with Crippen molar-refractivity contribution >= 4 is 15.9 Å². The molecule has 16 heavy (non-hydrogen) atoms. The van der Waals surface area contributed by atoms with E-state index in [2.05, 4.69) is 21.2 Å². The van der Waals surface area contributed by atoms with Gasteiger partial charge in [-0.05, 0) is 50.4 Å². The Morgan fingerprint density at radius 3 is 2.94 bits per heavy atom. The van der Waals surface area contributed by atoms with Crippen molar-refractivity contribution in [3.05, 3.63) is 28.7 Å². The van der Waals surface area contributed by atoms with Gasteiger partial charge in [0.2, 0.25) is 0 Å². The van der Waals surface area contributed by atoms with E-state index in [1.807, 2.05) is 24.3 Å². The molecular weight excluding hydrogens is 266 g/mol. The first kappa shape index (κ1) is 11.9. The highest BCUT2D eigenvalue weighted by Gasteiger charge is 2.19. The van der Waals surface area contributed by atoms with Crippen LogP contribution in [0.2, 0.25) is 0 Å². The lowest BCUT2D eigenvalue weighted by Gasteiger charge is -2.06. The average Bonchev–Trinajstić information content (AvgIpc) is 3.07. The summed E-state index contributed by atoms with van der Waals surface area (Å²) in [5, 5.41) is 3.50. The van der Waals surface area contributed by atoms with Gasteiger partial charge in [-0.25, -0.2) is 0 Å². The summed E-state index contributed by atoms with van der Waals surface area (Å²) in [5.74, 6) is 0.949. The summed E-state index contributed by atoms with van der Waals surface area (Å²) in [4.78, 5) is 0. The van der Waals surface area contributed by atoms with E-state index in [4.69, 9.17) is 4.74 Å². The van der Waals surface area contributed by atoms with E-state index < -0.39 is 0 Å². The number of ether oxygens (including phenoxy) is 1. The van der Waals surface area contributed by atoms with Crippen molar-refractivity contribution in [3.63, 3.8) is 0 Å². The van der Waals surface area contributed by atoms with Crippen molar-refractivity contribution in [1.29, 1.82) is 0 Å². The van der Waals surface area contributed by atoms with E-state index in [9.17, 15) is 0 Å². The molecule has 1 saturated carbocycles. The third-order valence-electron chi connectivity index (χ3n) is 2.65. The van der Waals surface area contributed by atoms with Crippen LogP contribution in [-0.4, -0.2) is 19.2 Å². The lowest BCUT2D eigenvalue weighted by Crippen LogP contribution is -2.17. The topological polar surface area (TPSA) is 21.3 Å². The summed E-state index contributed by atoms with van der Waals surface area (Å²) in [7, 11) is 0. The molecule has 1 fully saturated rings. The minimum atomic E-state index is 0.808. The second-order valence-corrected chi connectivity index (χ2v) is 5.16. The van der Waals surface area contributed by atoms with Gasteiger partial charge in [-0.15, -0.1) is 0 Å². The van der Waals surface area contributed by atoms with Gasteiger partial charge in [-0.1, -0.05) is 22.0 Å². The molecular formula is C13H18BrNO. The Bertz CT molecular complexity index is 325. The van der Waals surface area contributed by atoms with Crippen molar-refractivity contribution in [1.82, 2.24) is 5.32 Å². The summed E-state index contributed by atoms with van der Waals surface area (Å²) < 4.78 is 6.72. The number of hydrogen-bond acceptors (Lipinski definition) is 2. The zero-order chi connectivity index (χ0) is 11.2. The highest BCUT2D eigenvalue weighted by molar-refractivity contribution is 9.10. The Kier molecular flexibility index (Phi) is 4.67. The van der Waals surface area contributed by atoms with Crippen molar-refractivity contribution in [3.8, 4) is 5.75 Å². The van der Waals surface area contributed by atoms with Crippen LogP contribution < -0.4 is 10.1 Å². The Morgan fingerprint density at radius 2 is 2.19 bits per heavy atom. The van der Waals surface area contributed by atoms with Crippen molar-refractivity contribution < 1.29 is 4.74 Å². The molecule has 2 nitrogen and oxygen atoms in total. The lowest BCUT2D eigenvalue weighted by atomic mass is 10.3. The second kappa shape index (κ2) is 6.26. The van der Waals surface area contributed by atoms with Crippen LogP contribution in [0, 0.1) is 0 Å². The number of benzene rings is 1. The molecule has 0 bridgehead atoms. The summed E-state index contributed by atoms with van der Waals surface area (Å²) >= 11 is 3.43. The third kappa shape index (κ3) is 4.54. The molecule has 0 radical (unpaired) electrons. The summed E-state index contributed by atoms with van der Waals surface area (Å²) in [6, 6.07) is 8.82. The summed E-state index contributed by atoms with van der Waals surface area (Å²) in [5.41, 5.74) is 0. The SMILES string of the molecule is Brc1cccc(OCCCCNC2CC2)c1. The first-order valence-corrected chi connectivity index (χ1v) is 6.75. The molecule has 0 heterocycles. The lowest BCUT2D eigenvalue weighted by molar-refractivity contribution is 0.305. The van der Waals surface area contributed by atoms with Crippen LogP contribution >= 0.6 is 15.9 Å². The van der Waals surface area contributed by atoms with Gasteiger partial charge in [0.1, 0.15) is 5.75 Å². The molecule has 1 aromatic rings. The third-order valence-corrected chi connectivity index (χ3v) is 3.14. The van der Waals surface area contributed by atoms with E-state index in [0.717, 1.165) is 35.8 Å². The van der Waals surface area contributed by atoms with Crippen LogP contribution in [0.25, 0.3) is 0 Å². The Balaban J connectivity index is 1.53. The molecule has 0 aromatic heterocycles. The molecule has 0 atom stereocenters. The maximum Gasteiger partial charge on any atom is 0.120 e. The van der Waals surface area contributed by atoms with Crippen molar-refractivity contribution in [2.75, 3.05) is 13.2 Å². The van der Waals surface area contributed by atoms with E-state index in [0.29, 0.717) is 0 Å². The summed E-state index contributed by atoms with van der Waals surface area (Å²) in [6.45, 7) is 1.94. The molecule has 1 N–H and O–H groups in total. The van der Waals surface area contributed by atoms with Gasteiger partial charge < -0.3 is 10.1 Å². The molecule has 1 aromatic carbocycles. The van der Waals surface area contributed by atoms with Gasteiger partial charge >= 0.3 is 0 Å². The smallest absolute Gasteiger partial charge is 0.120 e. The van der Waals surface area contributed by atoms with Gasteiger partial charge in [0.25, 0.3) is 0 Å². The molecule has 88 valence electrons. The quantitative estimate of drug-likeness (QED) is 0.775. The standard InChI is InChI=1S/C13H18BrNO/c14-11-4-3-5-13(10-11)16-9-2-1-8-15-12-6-7-12/h3-5,10,12,15H,1-2,6-9H2. The maximum atomic E-state index is 5.65. The molecule has 0 spiro atoms. The number of rotatable bonds is 7. The fourth-order valence-electron chi connectivity index (χ4n) is 1.57. The fourth-order valence-corrected chi connectivity index (χ4v) is 1.95. The Morgan fingerprint density at radius 1 is 1.31 bits per heavy atom. The molecule has 0 aliphatic heterocycles. The summed E-state index contributed by atoms with van der Waals surface area (Å²) in [6.07, 6.45) is 5.06. The number of hydrogen-bond donors (Lipinski definition) is 1. The molecule has 0 unspecified atom stereocenters. The largest absolute Gasteiger partial charge is 0.494 e. The number of halogens is 1. The Hall–Kier alpha value is -0.540. The minimum Gasteiger partial charge on any atom is -0.494 e. The van der Waals surface area contributed by atoms with Crippen LogP contribution in [0.3, 0.4) is 0 Å². The molecule has 1 aliphatic carbocycles. The van der Waals surface area contributed by atoms with E-state index in [-0.39, 0.29) is 0 Å². The highest BCUT2D eigenvalue weighted by Crippen LogP contribution is 2.19. The molecule has 3 heteroatoms.